The van der Waals surface area contributed by atoms with Crippen LogP contribution in [-0.4, -0.2) is 49.9 Å². The van der Waals surface area contributed by atoms with E-state index >= 15 is 0 Å². The highest BCUT2D eigenvalue weighted by atomic mass is 32.2. The minimum Gasteiger partial charge on any atom is -0.338 e. The monoisotopic (exact) mass is 274 g/mol. The van der Waals surface area contributed by atoms with Gasteiger partial charge in [0, 0.05) is 18.8 Å². The number of amides is 1. The maximum absolute atomic E-state index is 12.2. The number of hydrogen-bond donors (Lipinski definition) is 1. The minimum atomic E-state index is -3.04. The van der Waals surface area contributed by atoms with Crippen LogP contribution in [0.15, 0.2) is 0 Å². The van der Waals surface area contributed by atoms with E-state index in [9.17, 15) is 13.2 Å². The Labute approximate surface area is 109 Å². The molecule has 1 unspecified atom stereocenters. The van der Waals surface area contributed by atoms with E-state index in [1.807, 2.05) is 4.90 Å². The largest absolute Gasteiger partial charge is 0.338 e. The Hall–Kier alpha value is -0.620. The fourth-order valence-corrected chi connectivity index (χ4v) is 2.74. The van der Waals surface area contributed by atoms with E-state index < -0.39 is 15.9 Å². The van der Waals surface area contributed by atoms with Crippen LogP contribution in [0.3, 0.4) is 0 Å². The van der Waals surface area contributed by atoms with Gasteiger partial charge in [0.25, 0.3) is 0 Å². The van der Waals surface area contributed by atoms with Gasteiger partial charge in [-0.1, -0.05) is 0 Å². The van der Waals surface area contributed by atoms with E-state index in [0.717, 1.165) is 19.4 Å². The topological polar surface area (TPSA) is 80.5 Å². The van der Waals surface area contributed by atoms with Gasteiger partial charge in [0.2, 0.25) is 5.91 Å². The summed E-state index contributed by atoms with van der Waals surface area (Å²) in [7, 11) is -3.04. The highest BCUT2D eigenvalue weighted by Crippen LogP contribution is 2.35. The van der Waals surface area contributed by atoms with E-state index in [1.54, 1.807) is 0 Å². The first-order valence-corrected chi connectivity index (χ1v) is 8.66. The third kappa shape index (κ3) is 4.24. The number of hydrogen-bond acceptors (Lipinski definition) is 4. The van der Waals surface area contributed by atoms with Gasteiger partial charge in [0.15, 0.2) is 0 Å². The average Bonchev–Trinajstić information content (AvgIpc) is 3.12. The lowest BCUT2D eigenvalue weighted by Gasteiger charge is -2.25. The lowest BCUT2D eigenvalue weighted by molar-refractivity contribution is -0.133. The Bertz CT molecular complexity index is 413. The van der Waals surface area contributed by atoms with Crippen LogP contribution in [0.4, 0.5) is 0 Å². The second-order valence-electron chi connectivity index (χ2n) is 5.69. The van der Waals surface area contributed by atoms with Gasteiger partial charge in [-0.15, -0.1) is 0 Å². The van der Waals surface area contributed by atoms with Crippen LogP contribution < -0.4 is 5.73 Å². The molecule has 0 bridgehead atoms. The van der Waals surface area contributed by atoms with E-state index in [-0.39, 0.29) is 18.1 Å². The van der Waals surface area contributed by atoms with E-state index in [4.69, 9.17) is 5.73 Å². The number of sulfone groups is 1. The first-order valence-electron chi connectivity index (χ1n) is 6.60. The molecule has 104 valence electrons. The first-order chi connectivity index (χ1) is 8.37. The van der Waals surface area contributed by atoms with Crippen molar-refractivity contribution in [1.82, 2.24) is 4.90 Å². The second kappa shape index (κ2) is 5.17. The summed E-state index contributed by atoms with van der Waals surface area (Å²) in [6, 6.07) is -0.304. The van der Waals surface area contributed by atoms with Crippen molar-refractivity contribution >= 4 is 15.7 Å². The van der Waals surface area contributed by atoms with Gasteiger partial charge in [-0.3, -0.25) is 4.79 Å². The summed E-state index contributed by atoms with van der Waals surface area (Å²) < 4.78 is 22.2. The number of nitrogens with two attached hydrogens (primary N) is 1. The van der Waals surface area contributed by atoms with Gasteiger partial charge in [-0.2, -0.15) is 0 Å². The van der Waals surface area contributed by atoms with Crippen molar-refractivity contribution in [1.29, 1.82) is 0 Å². The number of carbonyl (C=O) groups excluding carboxylic acids is 1. The number of nitrogens with zero attached hydrogens (tertiary/aromatic N) is 1. The predicted molar refractivity (Wildman–Crippen MR) is 69.8 cm³/mol. The molecule has 0 aromatic rings. The molecule has 0 aromatic heterocycles. The predicted octanol–water partition coefficient (Wildman–Crippen LogP) is 0.149. The van der Waals surface area contributed by atoms with E-state index in [2.05, 4.69) is 0 Å². The van der Waals surface area contributed by atoms with Gasteiger partial charge in [-0.25, -0.2) is 8.42 Å². The normalized spacial score (nSPS) is 21.7. The molecule has 1 amide bonds. The third-order valence-electron chi connectivity index (χ3n) is 3.54. The van der Waals surface area contributed by atoms with E-state index in [0.29, 0.717) is 12.0 Å². The van der Waals surface area contributed by atoms with Crippen LogP contribution in [0, 0.1) is 5.92 Å². The molecule has 2 aliphatic rings. The van der Waals surface area contributed by atoms with Crippen LogP contribution in [-0.2, 0) is 14.6 Å². The van der Waals surface area contributed by atoms with Crippen LogP contribution >= 0.6 is 0 Å². The maximum Gasteiger partial charge on any atom is 0.239 e. The molecular weight excluding hydrogens is 252 g/mol. The lowest BCUT2D eigenvalue weighted by atomic mass is 10.2. The molecule has 5 nitrogen and oxygen atoms in total. The van der Waals surface area contributed by atoms with Crippen molar-refractivity contribution in [2.24, 2.45) is 11.7 Å². The zero-order valence-corrected chi connectivity index (χ0v) is 11.7. The quantitative estimate of drug-likeness (QED) is 0.716. The molecule has 2 saturated carbocycles. The molecule has 0 aromatic carbocycles. The molecular formula is C12H22N2O3S. The van der Waals surface area contributed by atoms with Crippen molar-refractivity contribution < 1.29 is 13.2 Å². The lowest BCUT2D eigenvalue weighted by Crippen LogP contribution is -2.46. The van der Waals surface area contributed by atoms with Crippen molar-refractivity contribution in [2.75, 3.05) is 18.6 Å². The maximum atomic E-state index is 12.2. The smallest absolute Gasteiger partial charge is 0.239 e. The molecule has 0 radical (unpaired) electrons. The molecule has 2 aliphatic carbocycles. The van der Waals surface area contributed by atoms with Crippen LogP contribution in [0.25, 0.3) is 0 Å². The van der Waals surface area contributed by atoms with Gasteiger partial charge >= 0.3 is 0 Å². The highest BCUT2D eigenvalue weighted by Gasteiger charge is 2.38. The minimum absolute atomic E-state index is 0.0121. The molecule has 0 heterocycles. The van der Waals surface area contributed by atoms with Gasteiger partial charge in [0.1, 0.15) is 9.84 Å². The van der Waals surface area contributed by atoms with Crippen LogP contribution in [0.1, 0.15) is 32.1 Å². The summed E-state index contributed by atoms with van der Waals surface area (Å²) in [5.41, 5.74) is 5.83. The van der Waals surface area contributed by atoms with Crippen molar-refractivity contribution in [3.05, 3.63) is 0 Å². The Morgan fingerprint density at radius 1 is 1.33 bits per heavy atom. The van der Waals surface area contributed by atoms with Gasteiger partial charge in [-0.05, 0) is 38.0 Å². The average molecular weight is 274 g/mol. The Kier molecular flexibility index (Phi) is 3.96. The fourth-order valence-electron chi connectivity index (χ4n) is 2.06. The summed E-state index contributed by atoms with van der Waals surface area (Å²) >= 11 is 0. The fraction of sp³-hybridized carbons (Fsp3) is 0.917. The third-order valence-corrected chi connectivity index (χ3v) is 4.52. The van der Waals surface area contributed by atoms with Crippen molar-refractivity contribution in [3.8, 4) is 0 Å². The molecule has 0 aliphatic heterocycles. The molecule has 18 heavy (non-hydrogen) atoms. The standard InChI is InChI=1S/C12H22N2O3S/c1-18(16,17)7-6-11(13)12(15)14(10-4-5-10)8-9-2-3-9/h9-11H,2-8,13H2,1H3. The van der Waals surface area contributed by atoms with E-state index in [1.165, 1.54) is 19.1 Å². The molecule has 2 fully saturated rings. The van der Waals surface area contributed by atoms with Gasteiger partial charge < -0.3 is 10.6 Å². The summed E-state index contributed by atoms with van der Waals surface area (Å²) in [5, 5.41) is 0. The summed E-state index contributed by atoms with van der Waals surface area (Å²) in [5.74, 6) is 0.576. The summed E-state index contributed by atoms with van der Waals surface area (Å²) in [6.45, 7) is 0.816. The number of carbonyl (C=O) groups is 1. The molecule has 2 rings (SSSR count). The van der Waals surface area contributed by atoms with Crippen LogP contribution in [0.2, 0.25) is 0 Å². The molecule has 2 N–H and O–H groups in total. The van der Waals surface area contributed by atoms with Crippen LogP contribution in [0.5, 0.6) is 0 Å². The zero-order chi connectivity index (χ0) is 13.3. The Morgan fingerprint density at radius 3 is 2.39 bits per heavy atom. The highest BCUT2D eigenvalue weighted by molar-refractivity contribution is 7.90. The Balaban J connectivity index is 1.86. The summed E-state index contributed by atoms with van der Waals surface area (Å²) in [4.78, 5) is 14.1. The number of rotatable bonds is 7. The van der Waals surface area contributed by atoms with Gasteiger partial charge in [0.05, 0.1) is 11.8 Å². The Morgan fingerprint density at radius 2 is 1.94 bits per heavy atom. The zero-order valence-electron chi connectivity index (χ0n) is 10.8. The molecule has 0 spiro atoms. The summed E-state index contributed by atoms with van der Waals surface area (Å²) in [6.07, 6.45) is 5.94. The first kappa shape index (κ1) is 13.8. The second-order valence-corrected chi connectivity index (χ2v) is 7.95. The molecule has 0 saturated heterocycles. The molecule has 6 heteroatoms. The molecule has 1 atom stereocenters. The van der Waals surface area contributed by atoms with Crippen molar-refractivity contribution in [2.45, 2.75) is 44.2 Å². The SMILES string of the molecule is CS(=O)(=O)CCC(N)C(=O)N(CC1CC1)C1CC1. The van der Waals surface area contributed by atoms with Crippen molar-refractivity contribution in [3.63, 3.8) is 0 Å².